The summed E-state index contributed by atoms with van der Waals surface area (Å²) in [5.74, 6) is 0.961. The molecule has 0 unspecified atom stereocenters. The third kappa shape index (κ3) is 8.00. The van der Waals surface area contributed by atoms with Gasteiger partial charge in [0.15, 0.2) is 0 Å². The lowest BCUT2D eigenvalue weighted by molar-refractivity contribution is 0.0248. The number of fused-ring (bicyclic) bond motifs is 6. The average molecular weight is 700 g/mol. The lowest BCUT2D eigenvalue weighted by atomic mass is 9.92. The Labute approximate surface area is 311 Å². The number of rotatable bonds is 4. The van der Waals surface area contributed by atoms with Gasteiger partial charge < -0.3 is 24.3 Å². The molecule has 4 aromatic rings. The maximum atomic E-state index is 12.8. The molecule has 3 aromatic carbocycles. The van der Waals surface area contributed by atoms with Crippen molar-refractivity contribution in [1.29, 1.82) is 0 Å². The lowest BCUT2D eigenvalue weighted by Gasteiger charge is -2.30. The molecule has 52 heavy (non-hydrogen) atoms. The van der Waals surface area contributed by atoms with Gasteiger partial charge in [-0.05, 0) is 120 Å². The van der Waals surface area contributed by atoms with Crippen LogP contribution in [0.1, 0.15) is 91.7 Å². The number of pyridine rings is 1. The highest BCUT2D eigenvalue weighted by Crippen LogP contribution is 2.47. The van der Waals surface area contributed by atoms with E-state index < -0.39 is 5.60 Å². The molecule has 2 saturated heterocycles. The molecule has 4 atom stereocenters. The zero-order chi connectivity index (χ0) is 36.4. The number of carbonyl (C=O) groups excluding carboxylic acids is 1. The Morgan fingerprint density at radius 2 is 1.27 bits per heavy atom. The number of anilines is 2. The number of amides is 1. The predicted octanol–water partition coefficient (Wildman–Crippen LogP) is 9.09. The van der Waals surface area contributed by atoms with Gasteiger partial charge in [-0.2, -0.15) is 0 Å². The second kappa shape index (κ2) is 15.3. The molecule has 0 N–H and O–H groups in total. The molecule has 5 heterocycles. The molecule has 2 fully saturated rings. The highest BCUT2D eigenvalue weighted by atomic mass is 16.6. The van der Waals surface area contributed by atoms with Crippen molar-refractivity contribution in [3.8, 4) is 0 Å². The third-order valence-corrected chi connectivity index (χ3v) is 11.4. The second-order valence-electron chi connectivity index (χ2n) is 16.5. The average Bonchev–Trinajstić information content (AvgIpc) is 3.31. The van der Waals surface area contributed by atoms with E-state index in [2.05, 4.69) is 119 Å². The van der Waals surface area contributed by atoms with Crippen LogP contribution in [0.4, 0.5) is 16.2 Å². The molecule has 1 amide bonds. The Hall–Kier alpha value is -4.36. The number of aromatic nitrogens is 1. The molecule has 7 heteroatoms. The molecule has 0 spiro atoms. The Bertz CT molecular complexity index is 1820. The van der Waals surface area contributed by atoms with Crippen LogP contribution in [-0.2, 0) is 17.8 Å². The van der Waals surface area contributed by atoms with Crippen molar-refractivity contribution in [2.45, 2.75) is 103 Å². The van der Waals surface area contributed by atoms with Gasteiger partial charge in [0.25, 0.3) is 0 Å². The number of likely N-dealkylation sites (N-methyl/N-ethyl adjacent to an activating group) is 1. The number of hydrogen-bond acceptors (Lipinski definition) is 6. The van der Waals surface area contributed by atoms with E-state index in [-0.39, 0.29) is 6.09 Å². The van der Waals surface area contributed by atoms with E-state index in [0.717, 1.165) is 39.0 Å². The van der Waals surface area contributed by atoms with Crippen molar-refractivity contribution < 1.29 is 9.53 Å². The summed E-state index contributed by atoms with van der Waals surface area (Å²) in [6.07, 6.45) is 8.28. The highest BCUT2D eigenvalue weighted by molar-refractivity contribution is 5.70. The molecule has 4 aliphatic rings. The van der Waals surface area contributed by atoms with Gasteiger partial charge in [-0.1, -0.05) is 65.7 Å². The van der Waals surface area contributed by atoms with E-state index in [4.69, 9.17) is 4.74 Å². The molecule has 0 aliphatic carbocycles. The molecule has 8 rings (SSSR count). The molecule has 274 valence electrons. The Balaban J connectivity index is 0.000000166. The minimum Gasteiger partial charge on any atom is -0.444 e. The van der Waals surface area contributed by atoms with E-state index in [0.29, 0.717) is 23.9 Å². The van der Waals surface area contributed by atoms with E-state index in [9.17, 15) is 4.79 Å². The van der Waals surface area contributed by atoms with Gasteiger partial charge in [-0.3, -0.25) is 4.98 Å². The van der Waals surface area contributed by atoms with Crippen molar-refractivity contribution in [2.75, 3.05) is 43.0 Å². The van der Waals surface area contributed by atoms with Gasteiger partial charge >= 0.3 is 6.09 Å². The fourth-order valence-electron chi connectivity index (χ4n) is 9.00. The van der Waals surface area contributed by atoms with E-state index >= 15 is 0 Å². The number of hydrogen-bond donors (Lipinski definition) is 0. The summed E-state index contributed by atoms with van der Waals surface area (Å²) in [4.78, 5) is 26.6. The fourth-order valence-corrected chi connectivity index (χ4v) is 9.00. The number of aryl methyl sites for hydroxylation is 2. The van der Waals surface area contributed by atoms with Gasteiger partial charge in [-0.25, -0.2) is 4.79 Å². The minimum absolute atomic E-state index is 0.186. The van der Waals surface area contributed by atoms with E-state index in [1.54, 1.807) is 5.56 Å². The van der Waals surface area contributed by atoms with Crippen LogP contribution in [-0.4, -0.2) is 71.8 Å². The quantitative estimate of drug-likeness (QED) is 0.212. The van der Waals surface area contributed by atoms with Crippen LogP contribution in [0.5, 0.6) is 0 Å². The van der Waals surface area contributed by atoms with Crippen LogP contribution >= 0.6 is 0 Å². The second-order valence-corrected chi connectivity index (χ2v) is 16.5. The van der Waals surface area contributed by atoms with Gasteiger partial charge in [0.05, 0.1) is 0 Å². The smallest absolute Gasteiger partial charge is 0.410 e. The molecule has 1 aromatic heterocycles. The minimum atomic E-state index is -0.466. The predicted molar refractivity (Wildman–Crippen MR) is 212 cm³/mol. The summed E-state index contributed by atoms with van der Waals surface area (Å²) in [6, 6.07) is 29.8. The summed E-state index contributed by atoms with van der Waals surface area (Å²) >= 11 is 0. The number of benzene rings is 3. The van der Waals surface area contributed by atoms with Gasteiger partial charge in [-0.15, -0.1) is 0 Å². The first-order valence-electron chi connectivity index (χ1n) is 19.4. The monoisotopic (exact) mass is 699 g/mol. The maximum Gasteiger partial charge on any atom is 0.410 e. The lowest BCUT2D eigenvalue weighted by Crippen LogP contribution is -2.40. The largest absolute Gasteiger partial charge is 0.444 e. The number of likely N-dealkylation sites (tertiary alicyclic amines) is 2. The number of ether oxygens (including phenoxy) is 1. The summed E-state index contributed by atoms with van der Waals surface area (Å²) in [6.45, 7) is 15.9. The molecule has 0 saturated carbocycles. The van der Waals surface area contributed by atoms with E-state index in [1.165, 1.54) is 65.1 Å². The van der Waals surface area contributed by atoms with Crippen molar-refractivity contribution >= 4 is 17.5 Å². The first-order chi connectivity index (χ1) is 25.0. The van der Waals surface area contributed by atoms with Crippen molar-refractivity contribution in [3.63, 3.8) is 0 Å². The molecule has 7 nitrogen and oxygen atoms in total. The molecular formula is C45H57N5O2. The van der Waals surface area contributed by atoms with Gasteiger partial charge in [0, 0.05) is 80.4 Å². The first kappa shape index (κ1) is 36.0. The maximum absolute atomic E-state index is 12.8. The van der Waals surface area contributed by atoms with Crippen LogP contribution in [0.3, 0.4) is 0 Å². The highest BCUT2D eigenvalue weighted by Gasteiger charge is 2.42. The fraction of sp³-hybridized carbons (Fsp3) is 0.467. The molecule has 4 aliphatic heterocycles. The van der Waals surface area contributed by atoms with Crippen LogP contribution in [0.2, 0.25) is 0 Å². The van der Waals surface area contributed by atoms with Gasteiger partial charge in [0.1, 0.15) is 5.60 Å². The van der Waals surface area contributed by atoms with Crippen LogP contribution in [0.15, 0.2) is 91.3 Å². The van der Waals surface area contributed by atoms with Crippen molar-refractivity contribution in [1.82, 2.24) is 14.8 Å². The van der Waals surface area contributed by atoms with Crippen LogP contribution < -0.4 is 9.80 Å². The zero-order valence-electron chi connectivity index (χ0n) is 32.1. The van der Waals surface area contributed by atoms with Crippen LogP contribution in [0, 0.1) is 13.8 Å². The van der Waals surface area contributed by atoms with Crippen molar-refractivity contribution in [3.05, 3.63) is 125 Å². The standard InChI is InChI=1S/C25H32N2O2.C20H25N3/c1-18-12-13-23-20(15-18)21-17-26(24(28)29-25(2,3)4)14-8-11-22(21)27(23)16-19-9-6-5-7-10-19;1-15-5-6-20-17(12-15)18-14-22(2)11-3-4-19(18)23(20)13-16-7-9-21-10-8-16/h5-7,9-10,12-13,15,21-22H,8,11,14,16-17H2,1-4H3;5-10,12,18-19H,3-4,11,13-14H2,1-2H3/t21-,22-;18-,19+/m01/s1. The van der Waals surface area contributed by atoms with E-state index in [1.807, 2.05) is 38.1 Å². The molecule has 0 radical (unpaired) electrons. The third-order valence-electron chi connectivity index (χ3n) is 11.4. The summed E-state index contributed by atoms with van der Waals surface area (Å²) in [5.41, 5.74) is 10.6. The zero-order valence-corrected chi connectivity index (χ0v) is 32.1. The SMILES string of the molecule is Cc1ccc2c(c1)[C@@H]1CN(C(=O)OC(C)(C)C)CCC[C@@H]1N2Cc1ccccc1.Cc1ccc2c(c1)[C@H]1CN(C)CCC[C@@H]1N2Cc1ccncc1. The number of nitrogens with zero attached hydrogens (tertiary/aromatic N) is 5. The summed E-state index contributed by atoms with van der Waals surface area (Å²) < 4.78 is 5.69. The van der Waals surface area contributed by atoms with Crippen LogP contribution in [0.25, 0.3) is 0 Å². The van der Waals surface area contributed by atoms with Gasteiger partial charge in [0.2, 0.25) is 0 Å². The first-order valence-corrected chi connectivity index (χ1v) is 19.4. The Kier molecular flexibility index (Phi) is 10.6. The summed E-state index contributed by atoms with van der Waals surface area (Å²) in [7, 11) is 2.27. The topological polar surface area (TPSA) is 52.2 Å². The number of carbonyl (C=O) groups is 1. The van der Waals surface area contributed by atoms with Crippen molar-refractivity contribution in [2.24, 2.45) is 0 Å². The summed E-state index contributed by atoms with van der Waals surface area (Å²) in [5, 5.41) is 0. The Morgan fingerprint density at radius 3 is 1.85 bits per heavy atom. The normalized spacial score (nSPS) is 22.6. The Morgan fingerprint density at radius 1 is 0.731 bits per heavy atom. The molecular weight excluding hydrogens is 643 g/mol. The molecule has 0 bridgehead atoms.